The standard InChI is InChI=1S/C26H24F3N7O3/c1-38-12-11-32-19-13-16(26(27,28)29)14-33-21(19)22(30)39-25(31)36-23-24(37)34-18-10-6-5-9-17(18)20(35-23)15-7-3-2-4-8-15/h2-10,13-14,23,30,32H,11-12H2,1H3,(H2,31,36)(H,34,37). The third kappa shape index (κ3) is 6.57. The van der Waals surface area contributed by atoms with Crippen LogP contribution in [0.5, 0.6) is 0 Å². The monoisotopic (exact) mass is 539 g/mol. The second-order valence-electron chi connectivity index (χ2n) is 8.19. The molecule has 202 valence electrons. The minimum Gasteiger partial charge on any atom is -0.405 e. The summed E-state index contributed by atoms with van der Waals surface area (Å²) < 4.78 is 49.8. The molecular formula is C26H24F3N7O3. The van der Waals surface area contributed by atoms with Crippen molar-refractivity contribution in [2.24, 2.45) is 15.7 Å². The van der Waals surface area contributed by atoms with Crippen LogP contribution in [-0.4, -0.2) is 54.9 Å². The predicted octanol–water partition coefficient (Wildman–Crippen LogP) is 3.63. The molecular weight excluding hydrogens is 515 g/mol. The van der Waals surface area contributed by atoms with Gasteiger partial charge in [-0.25, -0.2) is 9.98 Å². The molecule has 2 aromatic carbocycles. The zero-order chi connectivity index (χ0) is 28.0. The Morgan fingerprint density at radius 1 is 1.18 bits per heavy atom. The van der Waals surface area contributed by atoms with Gasteiger partial charge in [-0.05, 0) is 12.1 Å². The van der Waals surface area contributed by atoms with Crippen LogP contribution in [0.4, 0.5) is 24.5 Å². The summed E-state index contributed by atoms with van der Waals surface area (Å²) in [6.45, 7) is 0.331. The molecule has 4 rings (SSSR count). The van der Waals surface area contributed by atoms with Crippen LogP contribution in [0, 0.1) is 5.41 Å². The van der Waals surface area contributed by atoms with Gasteiger partial charge in [0.25, 0.3) is 11.9 Å². The van der Waals surface area contributed by atoms with Crippen molar-refractivity contribution >= 4 is 34.9 Å². The van der Waals surface area contributed by atoms with Gasteiger partial charge in [-0.2, -0.15) is 18.2 Å². The third-order valence-electron chi connectivity index (χ3n) is 5.48. The molecule has 1 aliphatic heterocycles. The summed E-state index contributed by atoms with van der Waals surface area (Å²) >= 11 is 0. The number of para-hydroxylation sites is 1. The largest absolute Gasteiger partial charge is 0.417 e. The number of aliphatic imine (C=N–C) groups is 2. The number of amidine groups is 1. The number of aromatic nitrogens is 1. The number of nitrogens with zero attached hydrogens (tertiary/aromatic N) is 3. The van der Waals surface area contributed by atoms with Gasteiger partial charge in [0.1, 0.15) is 5.69 Å². The van der Waals surface area contributed by atoms with Crippen LogP contribution in [0.2, 0.25) is 0 Å². The molecule has 0 saturated heterocycles. The molecule has 0 radical (unpaired) electrons. The van der Waals surface area contributed by atoms with Crippen molar-refractivity contribution in [3.8, 4) is 0 Å². The van der Waals surface area contributed by atoms with E-state index in [2.05, 4.69) is 25.6 Å². The summed E-state index contributed by atoms with van der Waals surface area (Å²) in [5, 5.41) is 13.8. The highest BCUT2D eigenvalue weighted by Crippen LogP contribution is 2.31. The van der Waals surface area contributed by atoms with Gasteiger partial charge < -0.3 is 25.8 Å². The summed E-state index contributed by atoms with van der Waals surface area (Å²) in [7, 11) is 1.43. The third-order valence-corrected chi connectivity index (χ3v) is 5.48. The van der Waals surface area contributed by atoms with Gasteiger partial charge >= 0.3 is 6.18 Å². The number of hydrogen-bond donors (Lipinski definition) is 4. The number of rotatable bonds is 7. The van der Waals surface area contributed by atoms with Gasteiger partial charge in [0.15, 0.2) is 0 Å². The normalized spacial score (nSPS) is 15.5. The minimum atomic E-state index is -4.65. The Balaban J connectivity index is 1.63. The number of pyridine rings is 1. The summed E-state index contributed by atoms with van der Waals surface area (Å²) in [5.74, 6) is -1.28. The van der Waals surface area contributed by atoms with Crippen molar-refractivity contribution in [3.05, 3.63) is 89.2 Å². The van der Waals surface area contributed by atoms with Crippen LogP contribution in [0.3, 0.4) is 0 Å². The van der Waals surface area contributed by atoms with Crippen LogP contribution >= 0.6 is 0 Å². The molecule has 0 spiro atoms. The molecule has 2 heterocycles. The summed E-state index contributed by atoms with van der Waals surface area (Å²) in [6, 6.07) is 16.4. The first-order valence-electron chi connectivity index (χ1n) is 11.6. The topological polar surface area (TPSA) is 147 Å². The van der Waals surface area contributed by atoms with Crippen molar-refractivity contribution < 1.29 is 27.4 Å². The van der Waals surface area contributed by atoms with Crippen molar-refractivity contribution in [1.29, 1.82) is 5.41 Å². The number of anilines is 2. The van der Waals surface area contributed by atoms with E-state index in [1.54, 1.807) is 24.3 Å². The maximum atomic E-state index is 13.2. The summed E-state index contributed by atoms with van der Waals surface area (Å²) in [5.41, 5.74) is 6.93. The Bertz CT molecular complexity index is 1430. The number of carbonyl (C=O) groups excluding carboxylic acids is 1. The highest BCUT2D eigenvalue weighted by molar-refractivity contribution is 6.19. The van der Waals surface area contributed by atoms with Gasteiger partial charge in [-0.15, -0.1) is 0 Å². The molecule has 0 aliphatic carbocycles. The summed E-state index contributed by atoms with van der Waals surface area (Å²) in [6.07, 6.45) is -5.44. The van der Waals surface area contributed by atoms with E-state index in [9.17, 15) is 18.0 Å². The fourth-order valence-corrected chi connectivity index (χ4v) is 3.68. The minimum absolute atomic E-state index is 0.119. The van der Waals surface area contributed by atoms with Gasteiger partial charge in [0.05, 0.1) is 29.3 Å². The highest BCUT2D eigenvalue weighted by atomic mass is 19.4. The molecule has 0 fully saturated rings. The van der Waals surface area contributed by atoms with E-state index >= 15 is 0 Å². The zero-order valence-corrected chi connectivity index (χ0v) is 20.6. The fraction of sp³-hybridized carbons (Fsp3) is 0.192. The lowest BCUT2D eigenvalue weighted by molar-refractivity contribution is -0.137. The molecule has 0 saturated carbocycles. The average molecular weight is 540 g/mol. The van der Waals surface area contributed by atoms with Gasteiger partial charge in [0.2, 0.25) is 12.1 Å². The van der Waals surface area contributed by atoms with E-state index in [1.165, 1.54) is 7.11 Å². The smallest absolute Gasteiger partial charge is 0.405 e. The summed E-state index contributed by atoms with van der Waals surface area (Å²) in [4.78, 5) is 25.2. The number of methoxy groups -OCH3 is 1. The first kappa shape index (κ1) is 27.3. The Morgan fingerprint density at radius 3 is 2.62 bits per heavy atom. The predicted molar refractivity (Wildman–Crippen MR) is 140 cm³/mol. The zero-order valence-electron chi connectivity index (χ0n) is 20.6. The maximum absolute atomic E-state index is 13.2. The van der Waals surface area contributed by atoms with E-state index in [0.717, 1.165) is 11.6 Å². The fourth-order valence-electron chi connectivity index (χ4n) is 3.68. The second-order valence-corrected chi connectivity index (χ2v) is 8.19. The van der Waals surface area contributed by atoms with Gasteiger partial charge in [-0.1, -0.05) is 48.5 Å². The molecule has 0 bridgehead atoms. The quantitative estimate of drug-likeness (QED) is 0.205. The Kier molecular flexibility index (Phi) is 8.20. The molecule has 39 heavy (non-hydrogen) atoms. The number of hydrogen-bond acceptors (Lipinski definition) is 8. The number of ether oxygens (including phenoxy) is 2. The van der Waals surface area contributed by atoms with Crippen LogP contribution in [-0.2, 0) is 20.4 Å². The lowest BCUT2D eigenvalue weighted by atomic mass is 10.0. The van der Waals surface area contributed by atoms with Crippen molar-refractivity contribution in [3.63, 3.8) is 0 Å². The van der Waals surface area contributed by atoms with E-state index in [4.69, 9.17) is 20.6 Å². The SMILES string of the molecule is COCCNc1cc(C(F)(F)F)cnc1C(=N)O/C(N)=N/C1N=C(c2ccccc2)c2ccccc2NC1=O. The Morgan fingerprint density at radius 2 is 1.90 bits per heavy atom. The molecule has 1 aliphatic rings. The van der Waals surface area contributed by atoms with Crippen LogP contribution < -0.4 is 16.4 Å². The van der Waals surface area contributed by atoms with E-state index in [1.807, 2.05) is 30.3 Å². The molecule has 10 nitrogen and oxygen atoms in total. The first-order chi connectivity index (χ1) is 18.7. The van der Waals surface area contributed by atoms with Crippen molar-refractivity contribution in [1.82, 2.24) is 4.98 Å². The number of alkyl halides is 3. The molecule has 1 amide bonds. The first-order valence-corrected chi connectivity index (χ1v) is 11.6. The molecule has 1 aromatic heterocycles. The lowest BCUT2D eigenvalue weighted by Gasteiger charge is -2.15. The number of benzodiazepines with no additional fused rings is 1. The van der Waals surface area contributed by atoms with Crippen LogP contribution in [0.25, 0.3) is 0 Å². The Labute approximate surface area is 221 Å². The van der Waals surface area contributed by atoms with E-state index in [-0.39, 0.29) is 24.5 Å². The highest BCUT2D eigenvalue weighted by Gasteiger charge is 2.32. The maximum Gasteiger partial charge on any atom is 0.417 e. The number of halogens is 3. The molecule has 3 aromatic rings. The van der Waals surface area contributed by atoms with E-state index < -0.39 is 35.7 Å². The molecule has 1 atom stereocenters. The van der Waals surface area contributed by atoms with Crippen LogP contribution in [0.1, 0.15) is 22.4 Å². The number of nitrogens with one attached hydrogen (secondary N) is 3. The number of carbonyl (C=O) groups is 1. The number of nitrogens with two attached hydrogens (primary N) is 1. The lowest BCUT2D eigenvalue weighted by Crippen LogP contribution is -2.30. The molecule has 1 unspecified atom stereocenters. The Hall–Kier alpha value is -4.78. The number of amides is 1. The number of fused-ring (bicyclic) bond motifs is 1. The molecule has 5 N–H and O–H groups in total. The van der Waals surface area contributed by atoms with Gasteiger partial charge in [-0.3, -0.25) is 10.2 Å². The number of benzene rings is 2. The van der Waals surface area contributed by atoms with Crippen molar-refractivity contribution in [2.45, 2.75) is 12.3 Å². The van der Waals surface area contributed by atoms with Crippen LogP contribution in [0.15, 0.2) is 76.8 Å². The van der Waals surface area contributed by atoms with Crippen molar-refractivity contribution in [2.75, 3.05) is 30.9 Å². The second kappa shape index (κ2) is 11.7. The molecule has 13 heteroatoms. The average Bonchev–Trinajstić information content (AvgIpc) is 3.04. The van der Waals surface area contributed by atoms with Gasteiger partial charge in [0, 0.05) is 31.0 Å². The van der Waals surface area contributed by atoms with E-state index in [0.29, 0.717) is 23.2 Å².